The van der Waals surface area contributed by atoms with E-state index >= 15 is 17.6 Å². The van der Waals surface area contributed by atoms with Crippen LogP contribution in [0.15, 0.2) is 30.9 Å². The Hall–Kier alpha value is -4.66. The SMILES string of the molecule is C=CC(=O)N1CC[C@@H](N(C)c2nc(OC[C@@]34CCCN3C[C@H](F)C4)nc3c(F)c(-c4ccc(F)c5sc(N)c(C#N)c45)c(C(F)(F)F)cc23)[C@H]1COC. The smallest absolute Gasteiger partial charge is 0.417 e. The summed E-state index contributed by atoms with van der Waals surface area (Å²) in [4.78, 5) is 26.7. The van der Waals surface area contributed by atoms with Crippen molar-refractivity contribution in [3.63, 3.8) is 0 Å². The Balaban J connectivity index is 1.45. The average molecular weight is 760 g/mol. The van der Waals surface area contributed by atoms with Gasteiger partial charge in [-0.15, -0.1) is 11.3 Å². The van der Waals surface area contributed by atoms with Gasteiger partial charge in [0.25, 0.3) is 0 Å². The van der Waals surface area contributed by atoms with Gasteiger partial charge in [-0.2, -0.15) is 28.4 Å². The molecular weight excluding hydrogens is 724 g/mol. The second-order valence-electron chi connectivity index (χ2n) is 13.7. The zero-order valence-electron chi connectivity index (χ0n) is 28.8. The van der Waals surface area contributed by atoms with Crippen LogP contribution in [0, 0.1) is 23.0 Å². The molecule has 3 fully saturated rings. The Morgan fingerprint density at radius 2 is 2.06 bits per heavy atom. The van der Waals surface area contributed by atoms with E-state index in [1.807, 2.05) is 11.0 Å². The average Bonchev–Trinajstić information content (AvgIpc) is 3.87. The van der Waals surface area contributed by atoms with Crippen molar-refractivity contribution in [1.29, 1.82) is 5.26 Å². The maximum Gasteiger partial charge on any atom is 0.417 e. The first-order valence-corrected chi connectivity index (χ1v) is 17.7. The fourth-order valence-corrected chi connectivity index (χ4v) is 9.33. The van der Waals surface area contributed by atoms with Gasteiger partial charge in [-0.1, -0.05) is 12.6 Å². The number of ether oxygens (including phenoxy) is 2. The highest BCUT2D eigenvalue weighted by Crippen LogP contribution is 2.48. The summed E-state index contributed by atoms with van der Waals surface area (Å²) in [6, 6.07) is 2.93. The van der Waals surface area contributed by atoms with Crippen LogP contribution in [0.25, 0.3) is 32.1 Å². The fourth-order valence-electron chi connectivity index (χ4n) is 8.38. The van der Waals surface area contributed by atoms with Crippen LogP contribution >= 0.6 is 11.3 Å². The number of hydrogen-bond donors (Lipinski definition) is 1. The Bertz CT molecular complexity index is 2170. The lowest BCUT2D eigenvalue weighted by Crippen LogP contribution is -2.48. The van der Waals surface area contributed by atoms with E-state index in [0.29, 0.717) is 30.7 Å². The summed E-state index contributed by atoms with van der Waals surface area (Å²) in [6.07, 6.45) is -3.05. The number of hydrogen-bond acceptors (Lipinski definition) is 10. The molecule has 0 radical (unpaired) electrons. The minimum atomic E-state index is -5.15. The monoisotopic (exact) mass is 759 g/mol. The zero-order valence-corrected chi connectivity index (χ0v) is 29.6. The molecule has 53 heavy (non-hydrogen) atoms. The van der Waals surface area contributed by atoms with Gasteiger partial charge in [0.05, 0.1) is 40.1 Å². The van der Waals surface area contributed by atoms with Crippen LogP contribution in [-0.4, -0.2) is 96.5 Å². The summed E-state index contributed by atoms with van der Waals surface area (Å²) in [5.74, 6) is -2.73. The topological polar surface area (TPSA) is 121 Å². The van der Waals surface area contributed by atoms with Crippen molar-refractivity contribution in [1.82, 2.24) is 19.8 Å². The number of thiophene rings is 1. The quantitative estimate of drug-likeness (QED) is 0.152. The number of benzene rings is 2. The van der Waals surface area contributed by atoms with Crippen LogP contribution in [0.4, 0.5) is 37.2 Å². The third-order valence-corrected chi connectivity index (χ3v) is 11.8. The van der Waals surface area contributed by atoms with Gasteiger partial charge in [0.2, 0.25) is 5.91 Å². The summed E-state index contributed by atoms with van der Waals surface area (Å²) in [5, 5.41) is 9.15. The molecule has 280 valence electrons. The Labute approximate surface area is 304 Å². The van der Waals surface area contributed by atoms with Crippen molar-refractivity contribution in [2.75, 3.05) is 57.6 Å². The largest absolute Gasteiger partial charge is 0.461 e. The van der Waals surface area contributed by atoms with Crippen LogP contribution in [0.2, 0.25) is 0 Å². The van der Waals surface area contributed by atoms with Gasteiger partial charge >= 0.3 is 12.2 Å². The molecule has 1 amide bonds. The lowest BCUT2D eigenvalue weighted by Gasteiger charge is -2.34. The predicted molar refractivity (Wildman–Crippen MR) is 187 cm³/mol. The maximum atomic E-state index is 17.2. The fraction of sp³-hybridized carbons (Fsp3) is 0.444. The summed E-state index contributed by atoms with van der Waals surface area (Å²) < 4.78 is 103. The number of likely N-dealkylation sites (N-methyl/N-ethyl adjacent to an activating group) is 1. The number of carbonyl (C=O) groups excluding carboxylic acids is 1. The van der Waals surface area contributed by atoms with Crippen molar-refractivity contribution in [3.05, 3.63) is 53.6 Å². The summed E-state index contributed by atoms with van der Waals surface area (Å²) >= 11 is 0.667. The van der Waals surface area contributed by atoms with E-state index in [0.717, 1.165) is 30.7 Å². The molecule has 2 N–H and O–H groups in total. The van der Waals surface area contributed by atoms with Crippen molar-refractivity contribution < 1.29 is 40.6 Å². The number of anilines is 2. The van der Waals surface area contributed by atoms with E-state index in [1.165, 1.54) is 7.11 Å². The molecule has 0 saturated carbocycles. The molecular formula is C36H35F6N7O3S. The second kappa shape index (κ2) is 13.6. The number of carbonyl (C=O) groups is 1. The van der Waals surface area contributed by atoms with Gasteiger partial charge in [-0.25, -0.2) is 13.2 Å². The Morgan fingerprint density at radius 1 is 1.28 bits per heavy atom. The molecule has 0 bridgehead atoms. The summed E-state index contributed by atoms with van der Waals surface area (Å²) in [5.41, 5.74) is 1.72. The molecule has 10 nitrogen and oxygen atoms in total. The van der Waals surface area contributed by atoms with Crippen molar-refractivity contribution in [3.8, 4) is 23.2 Å². The maximum absolute atomic E-state index is 17.2. The minimum Gasteiger partial charge on any atom is -0.461 e. The van der Waals surface area contributed by atoms with E-state index in [4.69, 9.17) is 15.2 Å². The van der Waals surface area contributed by atoms with Crippen LogP contribution in [0.5, 0.6) is 6.01 Å². The number of methoxy groups -OCH3 is 1. The molecule has 2 aromatic heterocycles. The Kier molecular flexibility index (Phi) is 9.44. The number of alkyl halides is 4. The molecule has 0 aliphatic carbocycles. The lowest BCUT2D eigenvalue weighted by molar-refractivity contribution is -0.137. The summed E-state index contributed by atoms with van der Waals surface area (Å²) in [6.45, 7) is 4.77. The highest BCUT2D eigenvalue weighted by atomic mass is 32.1. The predicted octanol–water partition coefficient (Wildman–Crippen LogP) is 6.46. The molecule has 3 aliphatic rings. The van der Waals surface area contributed by atoms with Crippen molar-refractivity contribution >= 4 is 49.1 Å². The molecule has 3 aliphatic heterocycles. The molecule has 0 unspecified atom stereocenters. The molecule has 2 aromatic carbocycles. The number of aromatic nitrogens is 2. The number of likely N-dealkylation sites (tertiary alicyclic amines) is 1. The van der Waals surface area contributed by atoms with Gasteiger partial charge in [-0.05, 0) is 49.6 Å². The number of amides is 1. The van der Waals surface area contributed by atoms with Gasteiger partial charge < -0.3 is 25.0 Å². The molecule has 4 aromatic rings. The molecule has 5 heterocycles. The van der Waals surface area contributed by atoms with E-state index in [9.17, 15) is 18.8 Å². The van der Waals surface area contributed by atoms with Gasteiger partial charge in [0.15, 0.2) is 5.82 Å². The highest BCUT2D eigenvalue weighted by molar-refractivity contribution is 7.23. The first-order valence-electron chi connectivity index (χ1n) is 16.9. The molecule has 7 rings (SSSR count). The number of nitrogens with two attached hydrogens (primary N) is 1. The van der Waals surface area contributed by atoms with Gasteiger partial charge in [0, 0.05) is 50.0 Å². The highest BCUT2D eigenvalue weighted by Gasteiger charge is 2.50. The van der Waals surface area contributed by atoms with Gasteiger partial charge in [0.1, 0.15) is 41.0 Å². The van der Waals surface area contributed by atoms with Crippen LogP contribution < -0.4 is 15.4 Å². The number of rotatable bonds is 9. The number of nitriles is 1. The van der Waals surface area contributed by atoms with Gasteiger partial charge in [-0.3, -0.25) is 9.69 Å². The van der Waals surface area contributed by atoms with Crippen molar-refractivity contribution in [2.45, 2.75) is 55.7 Å². The lowest BCUT2D eigenvalue weighted by atomic mass is 9.92. The first kappa shape index (κ1) is 36.7. The standard InChI is InChI=1S/C36H35F6N7O3S/c1-4-26(50)49-11-8-24(25(49)16-51-3)47(2)33-20-12-22(36(40,41)42)28(19-6-7-23(38)31-27(19)21(14-43)32(44)53-31)29(39)30(20)45-34(46-33)52-17-35-9-5-10-48(35)15-18(37)13-35/h4,6-7,12,18,24-25H,1,5,8-11,13,15-17,44H2,2-3H3/t18-,24-,25-,35+/m1/s1. The summed E-state index contributed by atoms with van der Waals surface area (Å²) in [7, 11) is 3.02. The first-order chi connectivity index (χ1) is 25.2. The van der Waals surface area contributed by atoms with E-state index in [-0.39, 0.29) is 76.5 Å². The van der Waals surface area contributed by atoms with Crippen LogP contribution in [0.3, 0.4) is 0 Å². The Morgan fingerprint density at radius 3 is 2.75 bits per heavy atom. The van der Waals surface area contributed by atoms with E-state index in [1.54, 1.807) is 16.8 Å². The number of halogens is 6. The zero-order chi connectivity index (χ0) is 38.0. The third kappa shape index (κ3) is 6.10. The molecule has 17 heteroatoms. The van der Waals surface area contributed by atoms with Crippen LogP contribution in [0.1, 0.15) is 36.8 Å². The molecule has 0 spiro atoms. The second-order valence-corrected chi connectivity index (χ2v) is 14.7. The minimum absolute atomic E-state index is 0.0488. The normalized spacial score (nSPS) is 23.2. The third-order valence-electron chi connectivity index (χ3n) is 10.8. The number of nitrogens with zero attached hydrogens (tertiary/aromatic N) is 6. The van der Waals surface area contributed by atoms with E-state index in [2.05, 4.69) is 16.5 Å². The van der Waals surface area contributed by atoms with Crippen molar-refractivity contribution in [2.24, 2.45) is 0 Å². The number of nitrogen functional groups attached to an aromatic ring is 1. The number of fused-ring (bicyclic) bond motifs is 3. The molecule has 3 saturated heterocycles. The molecule has 4 atom stereocenters. The van der Waals surface area contributed by atoms with E-state index < -0.39 is 63.8 Å². The van der Waals surface area contributed by atoms with Crippen LogP contribution in [-0.2, 0) is 15.7 Å².